The summed E-state index contributed by atoms with van der Waals surface area (Å²) in [7, 11) is 0. The number of nitrogens with zero attached hydrogens (tertiary/aromatic N) is 5. The van der Waals surface area contributed by atoms with Crippen LogP contribution in [0.4, 0.5) is 21.9 Å². The molecule has 0 atom stereocenters. The third-order valence-electron chi connectivity index (χ3n) is 4.18. The SMILES string of the molecule is O=C(Nc1ccc(Cl)cc1)Nc1cnn(-c2ncncc2N2CCSCC2)c1. The van der Waals surface area contributed by atoms with Crippen LogP contribution in [-0.4, -0.2) is 50.4 Å². The molecule has 3 aromatic rings. The molecule has 144 valence electrons. The first-order valence-electron chi connectivity index (χ1n) is 8.70. The molecule has 0 spiro atoms. The number of nitrogens with one attached hydrogen (secondary N) is 2. The molecule has 2 amide bonds. The van der Waals surface area contributed by atoms with Gasteiger partial charge in [-0.15, -0.1) is 0 Å². The van der Waals surface area contributed by atoms with Gasteiger partial charge in [0.15, 0.2) is 5.82 Å². The summed E-state index contributed by atoms with van der Waals surface area (Å²) in [5, 5.41) is 10.5. The largest absolute Gasteiger partial charge is 0.366 e. The van der Waals surface area contributed by atoms with E-state index in [1.165, 1.54) is 6.33 Å². The molecule has 0 aliphatic carbocycles. The third kappa shape index (κ3) is 4.37. The van der Waals surface area contributed by atoms with Crippen molar-refractivity contribution in [3.05, 3.63) is 54.2 Å². The molecule has 1 aliphatic rings. The molecule has 1 aliphatic heterocycles. The molecular formula is C18H18ClN7OS. The van der Waals surface area contributed by atoms with E-state index in [1.807, 2.05) is 11.8 Å². The zero-order valence-electron chi connectivity index (χ0n) is 14.9. The number of carbonyl (C=O) groups is 1. The first kappa shape index (κ1) is 18.6. The van der Waals surface area contributed by atoms with Crippen molar-refractivity contribution in [1.29, 1.82) is 0 Å². The summed E-state index contributed by atoms with van der Waals surface area (Å²) < 4.78 is 1.65. The Labute approximate surface area is 171 Å². The predicted molar refractivity (Wildman–Crippen MR) is 113 cm³/mol. The van der Waals surface area contributed by atoms with E-state index in [0.717, 1.165) is 30.3 Å². The van der Waals surface area contributed by atoms with Crippen LogP contribution in [0.25, 0.3) is 5.82 Å². The summed E-state index contributed by atoms with van der Waals surface area (Å²) in [6.07, 6.45) is 6.62. The van der Waals surface area contributed by atoms with Gasteiger partial charge < -0.3 is 15.5 Å². The van der Waals surface area contributed by atoms with E-state index in [1.54, 1.807) is 47.5 Å². The maximum atomic E-state index is 12.2. The highest BCUT2D eigenvalue weighted by atomic mass is 35.5. The minimum Gasteiger partial charge on any atom is -0.366 e. The molecule has 1 fully saturated rings. The van der Waals surface area contributed by atoms with Crippen LogP contribution in [-0.2, 0) is 0 Å². The highest BCUT2D eigenvalue weighted by Crippen LogP contribution is 2.24. The Bertz CT molecular complexity index is 957. The monoisotopic (exact) mass is 415 g/mol. The molecule has 0 saturated carbocycles. The average molecular weight is 416 g/mol. The second-order valence-corrected chi connectivity index (χ2v) is 7.75. The standard InChI is InChI=1S/C18H18ClN7OS/c19-13-1-3-14(4-2-13)23-18(27)24-15-9-22-26(11-15)17-16(10-20-12-21-17)25-5-7-28-8-6-25/h1-4,9-12H,5-8H2,(H2,23,24,27). The van der Waals surface area contributed by atoms with Crippen molar-refractivity contribution in [2.45, 2.75) is 0 Å². The zero-order chi connectivity index (χ0) is 19.3. The van der Waals surface area contributed by atoms with Crippen molar-refractivity contribution >= 4 is 46.5 Å². The van der Waals surface area contributed by atoms with Crippen molar-refractivity contribution in [3.8, 4) is 5.82 Å². The van der Waals surface area contributed by atoms with Crippen molar-refractivity contribution < 1.29 is 4.79 Å². The van der Waals surface area contributed by atoms with Gasteiger partial charge in [0, 0.05) is 35.3 Å². The second-order valence-electron chi connectivity index (χ2n) is 6.09. The van der Waals surface area contributed by atoms with Crippen LogP contribution in [0.5, 0.6) is 0 Å². The zero-order valence-corrected chi connectivity index (χ0v) is 16.5. The lowest BCUT2D eigenvalue weighted by Crippen LogP contribution is -2.33. The highest BCUT2D eigenvalue weighted by Gasteiger charge is 2.18. The molecule has 0 unspecified atom stereocenters. The van der Waals surface area contributed by atoms with E-state index in [0.29, 0.717) is 22.2 Å². The van der Waals surface area contributed by atoms with Gasteiger partial charge in [-0.1, -0.05) is 11.6 Å². The van der Waals surface area contributed by atoms with Crippen LogP contribution in [0.1, 0.15) is 0 Å². The van der Waals surface area contributed by atoms with Gasteiger partial charge in [-0.05, 0) is 24.3 Å². The minimum atomic E-state index is -0.363. The Balaban J connectivity index is 1.47. The van der Waals surface area contributed by atoms with E-state index >= 15 is 0 Å². The summed E-state index contributed by atoms with van der Waals surface area (Å²) in [6, 6.07) is 6.53. The van der Waals surface area contributed by atoms with Gasteiger partial charge in [0.1, 0.15) is 12.0 Å². The molecular weight excluding hydrogens is 398 g/mol. The number of hydrogen-bond donors (Lipinski definition) is 2. The van der Waals surface area contributed by atoms with E-state index < -0.39 is 0 Å². The summed E-state index contributed by atoms with van der Waals surface area (Å²) in [6.45, 7) is 1.89. The van der Waals surface area contributed by atoms with Crippen LogP contribution in [0.3, 0.4) is 0 Å². The Morgan fingerprint density at radius 2 is 1.82 bits per heavy atom. The number of rotatable bonds is 4. The van der Waals surface area contributed by atoms with Gasteiger partial charge >= 0.3 is 6.03 Å². The van der Waals surface area contributed by atoms with E-state index in [2.05, 4.69) is 30.6 Å². The Morgan fingerprint density at radius 3 is 2.61 bits per heavy atom. The minimum absolute atomic E-state index is 0.363. The molecule has 1 saturated heterocycles. The number of halogens is 1. The lowest BCUT2D eigenvalue weighted by Gasteiger charge is -2.29. The first-order chi connectivity index (χ1) is 13.7. The fourth-order valence-corrected chi connectivity index (χ4v) is 3.88. The summed E-state index contributed by atoms with van der Waals surface area (Å²) in [5.41, 5.74) is 2.14. The van der Waals surface area contributed by atoms with Crippen LogP contribution in [0, 0.1) is 0 Å². The molecule has 2 aromatic heterocycles. The maximum absolute atomic E-state index is 12.2. The quantitative estimate of drug-likeness (QED) is 0.677. The van der Waals surface area contributed by atoms with E-state index in [-0.39, 0.29) is 6.03 Å². The summed E-state index contributed by atoms with van der Waals surface area (Å²) >= 11 is 7.79. The second kappa shape index (κ2) is 8.49. The summed E-state index contributed by atoms with van der Waals surface area (Å²) in [4.78, 5) is 23.0. The number of anilines is 3. The third-order valence-corrected chi connectivity index (χ3v) is 5.38. The number of aromatic nitrogens is 4. The summed E-state index contributed by atoms with van der Waals surface area (Å²) in [5.74, 6) is 2.84. The van der Waals surface area contributed by atoms with Crippen LogP contribution >= 0.6 is 23.4 Å². The fraction of sp³-hybridized carbons (Fsp3) is 0.222. The number of carbonyl (C=O) groups excluding carboxylic acids is 1. The Hall–Kier alpha value is -2.78. The fourth-order valence-electron chi connectivity index (χ4n) is 2.85. The predicted octanol–water partition coefficient (Wildman–Crippen LogP) is 3.51. The average Bonchev–Trinajstić information content (AvgIpc) is 3.18. The molecule has 2 N–H and O–H groups in total. The highest BCUT2D eigenvalue weighted by molar-refractivity contribution is 7.99. The number of amides is 2. The van der Waals surface area contributed by atoms with E-state index in [4.69, 9.17) is 11.6 Å². The number of benzene rings is 1. The Kier molecular flexibility index (Phi) is 5.63. The topological polar surface area (TPSA) is 88.0 Å². The lowest BCUT2D eigenvalue weighted by molar-refractivity contribution is 0.262. The molecule has 0 bridgehead atoms. The Morgan fingerprint density at radius 1 is 1.07 bits per heavy atom. The van der Waals surface area contributed by atoms with Crippen molar-refractivity contribution in [2.75, 3.05) is 40.1 Å². The van der Waals surface area contributed by atoms with Gasteiger partial charge in [-0.25, -0.2) is 19.4 Å². The number of thioether (sulfide) groups is 1. The molecule has 4 rings (SSSR count). The van der Waals surface area contributed by atoms with E-state index in [9.17, 15) is 4.79 Å². The van der Waals surface area contributed by atoms with Gasteiger partial charge in [0.05, 0.1) is 24.3 Å². The molecule has 28 heavy (non-hydrogen) atoms. The maximum Gasteiger partial charge on any atom is 0.323 e. The molecule has 0 radical (unpaired) electrons. The molecule has 3 heterocycles. The van der Waals surface area contributed by atoms with Gasteiger partial charge in [0.2, 0.25) is 0 Å². The lowest BCUT2D eigenvalue weighted by atomic mass is 10.3. The number of urea groups is 1. The van der Waals surface area contributed by atoms with Crippen LogP contribution < -0.4 is 15.5 Å². The van der Waals surface area contributed by atoms with Crippen LogP contribution in [0.2, 0.25) is 5.02 Å². The van der Waals surface area contributed by atoms with Crippen molar-refractivity contribution in [3.63, 3.8) is 0 Å². The first-order valence-corrected chi connectivity index (χ1v) is 10.2. The molecule has 8 nitrogen and oxygen atoms in total. The van der Waals surface area contributed by atoms with Gasteiger partial charge in [-0.3, -0.25) is 0 Å². The molecule has 1 aromatic carbocycles. The normalized spacial score (nSPS) is 14.0. The number of hydrogen-bond acceptors (Lipinski definition) is 6. The van der Waals surface area contributed by atoms with Gasteiger partial charge in [0.25, 0.3) is 0 Å². The van der Waals surface area contributed by atoms with Gasteiger partial charge in [-0.2, -0.15) is 16.9 Å². The van der Waals surface area contributed by atoms with Crippen molar-refractivity contribution in [2.24, 2.45) is 0 Å². The smallest absolute Gasteiger partial charge is 0.323 e. The van der Waals surface area contributed by atoms with Crippen molar-refractivity contribution in [1.82, 2.24) is 19.7 Å². The molecule has 10 heteroatoms. The van der Waals surface area contributed by atoms with Crippen LogP contribution in [0.15, 0.2) is 49.2 Å².